The Labute approximate surface area is 104 Å². The van der Waals surface area contributed by atoms with Crippen LogP contribution >= 0.6 is 0 Å². The highest BCUT2D eigenvalue weighted by atomic mass is 15.2. The SMILES string of the molecule is CC(C)CNCc1cncn1C1CCN(C)C1. The number of hydrogen-bond acceptors (Lipinski definition) is 3. The Balaban J connectivity index is 1.92. The normalized spacial score (nSPS) is 21.5. The van der Waals surface area contributed by atoms with Gasteiger partial charge in [-0.25, -0.2) is 4.98 Å². The van der Waals surface area contributed by atoms with E-state index in [1.807, 2.05) is 12.5 Å². The predicted molar refractivity (Wildman–Crippen MR) is 69.9 cm³/mol. The minimum atomic E-state index is 0.610. The Morgan fingerprint density at radius 3 is 3.00 bits per heavy atom. The van der Waals surface area contributed by atoms with Crippen molar-refractivity contribution < 1.29 is 0 Å². The van der Waals surface area contributed by atoms with Crippen molar-refractivity contribution in [1.29, 1.82) is 0 Å². The van der Waals surface area contributed by atoms with Gasteiger partial charge in [0.2, 0.25) is 0 Å². The fourth-order valence-electron chi connectivity index (χ4n) is 2.43. The Bertz CT molecular complexity index is 345. The summed E-state index contributed by atoms with van der Waals surface area (Å²) in [5, 5.41) is 3.49. The third-order valence-electron chi connectivity index (χ3n) is 3.36. The molecule has 1 saturated heterocycles. The van der Waals surface area contributed by atoms with Crippen molar-refractivity contribution in [3.05, 3.63) is 18.2 Å². The molecule has 1 N–H and O–H groups in total. The number of nitrogens with one attached hydrogen (secondary N) is 1. The van der Waals surface area contributed by atoms with E-state index < -0.39 is 0 Å². The molecule has 0 radical (unpaired) electrons. The molecule has 2 rings (SSSR count). The summed E-state index contributed by atoms with van der Waals surface area (Å²) in [6.07, 6.45) is 5.21. The standard InChI is InChI=1S/C13H24N4/c1-11(2)6-14-7-13-8-15-10-17(13)12-4-5-16(3)9-12/h8,10-12,14H,4-7,9H2,1-3H3. The topological polar surface area (TPSA) is 33.1 Å². The minimum Gasteiger partial charge on any atom is -0.329 e. The Morgan fingerprint density at radius 2 is 2.35 bits per heavy atom. The van der Waals surface area contributed by atoms with Gasteiger partial charge in [0.15, 0.2) is 0 Å². The molecular formula is C13H24N4. The molecule has 0 bridgehead atoms. The number of nitrogens with zero attached hydrogens (tertiary/aromatic N) is 3. The van der Waals surface area contributed by atoms with Crippen LogP contribution in [0.25, 0.3) is 0 Å². The maximum atomic E-state index is 4.29. The first-order chi connectivity index (χ1) is 8.16. The molecule has 1 aliphatic heterocycles. The van der Waals surface area contributed by atoms with Gasteiger partial charge in [0.1, 0.15) is 0 Å². The summed E-state index contributed by atoms with van der Waals surface area (Å²) >= 11 is 0. The van der Waals surface area contributed by atoms with Gasteiger partial charge in [-0.05, 0) is 32.5 Å². The van der Waals surface area contributed by atoms with Crippen LogP contribution in [0.15, 0.2) is 12.5 Å². The highest BCUT2D eigenvalue weighted by Gasteiger charge is 2.22. The van der Waals surface area contributed by atoms with Gasteiger partial charge in [0.05, 0.1) is 12.0 Å². The van der Waals surface area contributed by atoms with Crippen molar-refractivity contribution in [1.82, 2.24) is 19.8 Å². The van der Waals surface area contributed by atoms with Crippen molar-refractivity contribution in [3.8, 4) is 0 Å². The molecule has 2 heterocycles. The van der Waals surface area contributed by atoms with Crippen molar-refractivity contribution in [2.45, 2.75) is 32.9 Å². The zero-order valence-corrected chi connectivity index (χ0v) is 11.2. The summed E-state index contributed by atoms with van der Waals surface area (Å²) in [6.45, 7) is 8.80. The summed E-state index contributed by atoms with van der Waals surface area (Å²) < 4.78 is 2.34. The number of aromatic nitrogens is 2. The molecule has 96 valence electrons. The molecule has 17 heavy (non-hydrogen) atoms. The zero-order chi connectivity index (χ0) is 12.3. The first-order valence-electron chi connectivity index (χ1n) is 6.56. The average Bonchev–Trinajstić information content (AvgIpc) is 2.86. The molecule has 1 unspecified atom stereocenters. The van der Waals surface area contributed by atoms with Gasteiger partial charge in [-0.15, -0.1) is 0 Å². The van der Waals surface area contributed by atoms with Crippen LogP contribution in [0.2, 0.25) is 0 Å². The fraction of sp³-hybridized carbons (Fsp3) is 0.769. The van der Waals surface area contributed by atoms with E-state index in [0.29, 0.717) is 12.0 Å². The lowest BCUT2D eigenvalue weighted by atomic mass is 10.2. The van der Waals surface area contributed by atoms with Gasteiger partial charge in [-0.1, -0.05) is 13.8 Å². The Morgan fingerprint density at radius 1 is 1.53 bits per heavy atom. The maximum absolute atomic E-state index is 4.29. The molecule has 1 atom stereocenters. The van der Waals surface area contributed by atoms with E-state index in [9.17, 15) is 0 Å². The predicted octanol–water partition coefficient (Wildman–Crippen LogP) is 1.51. The van der Waals surface area contributed by atoms with Gasteiger partial charge >= 0.3 is 0 Å². The molecule has 0 saturated carbocycles. The third kappa shape index (κ3) is 3.30. The number of rotatable bonds is 5. The third-order valence-corrected chi connectivity index (χ3v) is 3.36. The Hall–Kier alpha value is -0.870. The summed E-state index contributed by atoms with van der Waals surface area (Å²) in [7, 11) is 2.19. The molecule has 0 aliphatic carbocycles. The smallest absolute Gasteiger partial charge is 0.0951 e. The van der Waals surface area contributed by atoms with Crippen LogP contribution in [0.5, 0.6) is 0 Å². The number of likely N-dealkylation sites (tertiary alicyclic amines) is 1. The number of hydrogen-bond donors (Lipinski definition) is 1. The molecule has 4 nitrogen and oxygen atoms in total. The van der Waals surface area contributed by atoms with E-state index in [4.69, 9.17) is 0 Å². The van der Waals surface area contributed by atoms with Crippen LogP contribution in [0.3, 0.4) is 0 Å². The Kier molecular flexibility index (Phi) is 4.18. The number of likely N-dealkylation sites (N-methyl/N-ethyl adjacent to an activating group) is 1. The van der Waals surface area contributed by atoms with Crippen molar-refractivity contribution >= 4 is 0 Å². The van der Waals surface area contributed by atoms with Crippen LogP contribution in [0.4, 0.5) is 0 Å². The van der Waals surface area contributed by atoms with Crippen molar-refractivity contribution in [2.24, 2.45) is 5.92 Å². The van der Waals surface area contributed by atoms with Gasteiger partial charge < -0.3 is 14.8 Å². The summed E-state index contributed by atoms with van der Waals surface area (Å²) in [4.78, 5) is 6.68. The summed E-state index contributed by atoms with van der Waals surface area (Å²) in [5.41, 5.74) is 1.31. The molecule has 4 heteroatoms. The molecule has 0 amide bonds. The molecule has 0 spiro atoms. The van der Waals surface area contributed by atoms with Crippen LogP contribution in [-0.2, 0) is 6.54 Å². The molecule has 1 aromatic rings. The van der Waals surface area contributed by atoms with E-state index in [1.54, 1.807) is 0 Å². The van der Waals surface area contributed by atoms with E-state index in [2.05, 4.69) is 40.7 Å². The number of imidazole rings is 1. The lowest BCUT2D eigenvalue weighted by molar-refractivity contribution is 0.388. The van der Waals surface area contributed by atoms with E-state index in [1.165, 1.54) is 18.7 Å². The van der Waals surface area contributed by atoms with Gasteiger partial charge in [-0.3, -0.25) is 0 Å². The van der Waals surface area contributed by atoms with Crippen LogP contribution in [-0.4, -0.2) is 41.1 Å². The van der Waals surface area contributed by atoms with E-state index in [-0.39, 0.29) is 0 Å². The largest absolute Gasteiger partial charge is 0.329 e. The average molecular weight is 236 g/mol. The summed E-state index contributed by atoms with van der Waals surface area (Å²) in [6, 6.07) is 0.610. The summed E-state index contributed by atoms with van der Waals surface area (Å²) in [5.74, 6) is 0.698. The monoisotopic (exact) mass is 236 g/mol. The van der Waals surface area contributed by atoms with Crippen LogP contribution < -0.4 is 5.32 Å². The van der Waals surface area contributed by atoms with Crippen LogP contribution in [0.1, 0.15) is 32.0 Å². The lowest BCUT2D eigenvalue weighted by Gasteiger charge is -2.16. The highest BCUT2D eigenvalue weighted by molar-refractivity contribution is 5.01. The second-order valence-corrected chi connectivity index (χ2v) is 5.52. The molecule has 0 aromatic carbocycles. The molecule has 1 aromatic heterocycles. The molecular weight excluding hydrogens is 212 g/mol. The lowest BCUT2D eigenvalue weighted by Crippen LogP contribution is -2.23. The minimum absolute atomic E-state index is 0.610. The fourth-order valence-corrected chi connectivity index (χ4v) is 2.43. The second-order valence-electron chi connectivity index (χ2n) is 5.52. The zero-order valence-electron chi connectivity index (χ0n) is 11.2. The van der Waals surface area contributed by atoms with Crippen molar-refractivity contribution in [3.63, 3.8) is 0 Å². The maximum Gasteiger partial charge on any atom is 0.0951 e. The van der Waals surface area contributed by atoms with Crippen LogP contribution in [0, 0.1) is 5.92 Å². The van der Waals surface area contributed by atoms with Gasteiger partial charge in [0.25, 0.3) is 0 Å². The van der Waals surface area contributed by atoms with E-state index in [0.717, 1.165) is 19.6 Å². The van der Waals surface area contributed by atoms with E-state index >= 15 is 0 Å². The molecule has 1 fully saturated rings. The van der Waals surface area contributed by atoms with Gasteiger partial charge in [-0.2, -0.15) is 0 Å². The van der Waals surface area contributed by atoms with Crippen molar-refractivity contribution in [2.75, 3.05) is 26.7 Å². The molecule has 1 aliphatic rings. The first kappa shape index (κ1) is 12.6. The first-order valence-corrected chi connectivity index (χ1v) is 6.56. The highest BCUT2D eigenvalue weighted by Crippen LogP contribution is 2.21. The van der Waals surface area contributed by atoms with Gasteiger partial charge in [0, 0.05) is 25.3 Å². The second kappa shape index (κ2) is 5.65. The quantitative estimate of drug-likeness (QED) is 0.841.